The van der Waals surface area contributed by atoms with Gasteiger partial charge in [-0.3, -0.25) is 0 Å². The molecule has 17 heavy (non-hydrogen) atoms. The zero-order valence-corrected chi connectivity index (χ0v) is 11.3. The van der Waals surface area contributed by atoms with E-state index in [2.05, 4.69) is 22.6 Å². The molecule has 1 aromatic heterocycles. The van der Waals surface area contributed by atoms with Crippen LogP contribution in [0.1, 0.15) is 43.4 Å². The first-order valence-electron chi connectivity index (χ1n) is 6.12. The van der Waals surface area contributed by atoms with Crippen molar-refractivity contribution in [3.05, 3.63) is 16.1 Å². The fourth-order valence-corrected chi connectivity index (χ4v) is 2.69. The van der Waals surface area contributed by atoms with Gasteiger partial charge < -0.3 is 15.8 Å². The summed E-state index contributed by atoms with van der Waals surface area (Å²) >= 11 is 1.64. The third kappa shape index (κ3) is 3.48. The number of nitrogens with zero attached hydrogens (tertiary/aromatic N) is 1. The summed E-state index contributed by atoms with van der Waals surface area (Å²) < 4.78 is 5.38. The molecule has 0 saturated carbocycles. The average Bonchev–Trinajstić information content (AvgIpc) is 2.76. The van der Waals surface area contributed by atoms with Crippen LogP contribution < -0.4 is 11.1 Å². The maximum Gasteiger partial charge on any atom is 0.109 e. The van der Waals surface area contributed by atoms with Crippen molar-refractivity contribution in [3.63, 3.8) is 0 Å². The maximum atomic E-state index is 5.80. The molecule has 0 aromatic carbocycles. The molecule has 1 aliphatic heterocycles. The predicted octanol–water partition coefficient (Wildman–Crippen LogP) is 1.82. The van der Waals surface area contributed by atoms with Gasteiger partial charge in [-0.25, -0.2) is 4.98 Å². The van der Waals surface area contributed by atoms with Gasteiger partial charge in [-0.1, -0.05) is 0 Å². The van der Waals surface area contributed by atoms with Gasteiger partial charge in [0.1, 0.15) is 5.01 Å². The number of nitrogens with one attached hydrogen (secondary N) is 1. The maximum absolute atomic E-state index is 5.80. The lowest BCUT2D eigenvalue weighted by Crippen LogP contribution is -2.46. The number of hydrogen-bond donors (Lipinski definition) is 2. The Hall–Kier alpha value is -0.490. The van der Waals surface area contributed by atoms with Crippen LogP contribution in [0.2, 0.25) is 0 Å². The van der Waals surface area contributed by atoms with E-state index in [4.69, 9.17) is 10.5 Å². The van der Waals surface area contributed by atoms with Crippen molar-refractivity contribution in [2.75, 3.05) is 13.2 Å². The van der Waals surface area contributed by atoms with Crippen LogP contribution in [0.3, 0.4) is 0 Å². The first kappa shape index (κ1) is 13.0. The molecule has 5 heteroatoms. The molecule has 1 aliphatic rings. The molecule has 1 saturated heterocycles. The second-order valence-corrected chi connectivity index (χ2v) is 5.88. The zero-order chi connectivity index (χ0) is 12.3. The molecular weight excluding hydrogens is 234 g/mol. The second kappa shape index (κ2) is 5.44. The smallest absolute Gasteiger partial charge is 0.109 e. The molecule has 0 amide bonds. The molecule has 1 fully saturated rings. The Morgan fingerprint density at radius 3 is 2.88 bits per heavy atom. The molecule has 0 bridgehead atoms. The van der Waals surface area contributed by atoms with Crippen molar-refractivity contribution in [2.45, 2.75) is 44.8 Å². The van der Waals surface area contributed by atoms with Crippen LogP contribution >= 0.6 is 11.3 Å². The molecule has 2 rings (SSSR count). The topological polar surface area (TPSA) is 60.2 Å². The number of hydrogen-bond acceptors (Lipinski definition) is 5. The van der Waals surface area contributed by atoms with Crippen LogP contribution in [0.5, 0.6) is 0 Å². The SMILES string of the molecule is CC(N)c1nc(CNC2(C)CCOCC2)cs1. The van der Waals surface area contributed by atoms with Gasteiger partial charge in [0.2, 0.25) is 0 Å². The van der Waals surface area contributed by atoms with E-state index in [1.165, 1.54) is 0 Å². The summed E-state index contributed by atoms with van der Waals surface area (Å²) in [6.45, 7) is 6.75. The highest BCUT2D eigenvalue weighted by atomic mass is 32.1. The van der Waals surface area contributed by atoms with Crippen LogP contribution in [-0.2, 0) is 11.3 Å². The molecule has 96 valence electrons. The molecule has 4 nitrogen and oxygen atoms in total. The third-order valence-electron chi connectivity index (χ3n) is 3.25. The quantitative estimate of drug-likeness (QED) is 0.861. The lowest BCUT2D eigenvalue weighted by atomic mass is 9.92. The van der Waals surface area contributed by atoms with E-state index in [0.29, 0.717) is 0 Å². The second-order valence-electron chi connectivity index (χ2n) is 4.99. The first-order chi connectivity index (χ1) is 8.09. The van der Waals surface area contributed by atoms with Crippen molar-refractivity contribution < 1.29 is 4.74 Å². The fraction of sp³-hybridized carbons (Fsp3) is 0.750. The van der Waals surface area contributed by atoms with Gasteiger partial charge in [0.15, 0.2) is 0 Å². The molecule has 1 unspecified atom stereocenters. The zero-order valence-electron chi connectivity index (χ0n) is 10.5. The molecule has 1 atom stereocenters. The molecule has 0 spiro atoms. The third-order valence-corrected chi connectivity index (χ3v) is 4.35. The number of rotatable bonds is 4. The summed E-state index contributed by atoms with van der Waals surface area (Å²) in [5.74, 6) is 0. The molecule has 2 heterocycles. The standard InChI is InChI=1S/C12H21N3OS/c1-9(13)11-15-10(8-17-11)7-14-12(2)3-5-16-6-4-12/h8-9,14H,3-7,13H2,1-2H3. The molecule has 0 radical (unpaired) electrons. The van der Waals surface area contributed by atoms with Gasteiger partial charge in [-0.15, -0.1) is 11.3 Å². The minimum atomic E-state index is 0.0346. The van der Waals surface area contributed by atoms with E-state index < -0.39 is 0 Å². The monoisotopic (exact) mass is 255 g/mol. The normalized spacial score (nSPS) is 21.4. The van der Waals surface area contributed by atoms with E-state index in [1.54, 1.807) is 11.3 Å². The van der Waals surface area contributed by atoms with Gasteiger partial charge >= 0.3 is 0 Å². The fourth-order valence-electron chi connectivity index (χ4n) is 1.92. The van der Waals surface area contributed by atoms with E-state index in [-0.39, 0.29) is 11.6 Å². The summed E-state index contributed by atoms with van der Waals surface area (Å²) in [5, 5.41) is 6.69. The van der Waals surface area contributed by atoms with E-state index >= 15 is 0 Å². The number of nitrogens with two attached hydrogens (primary N) is 1. The number of aromatic nitrogens is 1. The first-order valence-corrected chi connectivity index (χ1v) is 7.00. The Bertz CT molecular complexity index is 358. The van der Waals surface area contributed by atoms with E-state index in [9.17, 15) is 0 Å². The highest BCUT2D eigenvalue weighted by Crippen LogP contribution is 2.21. The van der Waals surface area contributed by atoms with Crippen LogP contribution in [0, 0.1) is 0 Å². The van der Waals surface area contributed by atoms with E-state index in [1.807, 2.05) is 6.92 Å². The predicted molar refractivity (Wildman–Crippen MR) is 70.0 cm³/mol. The summed E-state index contributed by atoms with van der Waals surface area (Å²) in [7, 11) is 0. The van der Waals surface area contributed by atoms with Gasteiger partial charge in [0.05, 0.1) is 11.7 Å². The summed E-state index contributed by atoms with van der Waals surface area (Å²) in [6, 6.07) is 0.0346. The van der Waals surface area contributed by atoms with Crippen molar-refractivity contribution in [2.24, 2.45) is 5.73 Å². The Balaban J connectivity index is 1.88. The highest BCUT2D eigenvalue weighted by Gasteiger charge is 2.26. The summed E-state index contributed by atoms with van der Waals surface area (Å²) in [5.41, 5.74) is 7.09. The van der Waals surface area contributed by atoms with Gasteiger partial charge in [-0.05, 0) is 26.7 Å². The number of ether oxygens (including phenoxy) is 1. The van der Waals surface area contributed by atoms with Gasteiger partial charge in [-0.2, -0.15) is 0 Å². The van der Waals surface area contributed by atoms with Crippen molar-refractivity contribution in [1.29, 1.82) is 0 Å². The number of thiazole rings is 1. The average molecular weight is 255 g/mol. The molecule has 0 aliphatic carbocycles. The Morgan fingerprint density at radius 2 is 2.29 bits per heavy atom. The minimum Gasteiger partial charge on any atom is -0.381 e. The van der Waals surface area contributed by atoms with Crippen molar-refractivity contribution >= 4 is 11.3 Å². The van der Waals surface area contributed by atoms with Crippen LogP contribution in [0.4, 0.5) is 0 Å². The lowest BCUT2D eigenvalue weighted by Gasteiger charge is -2.34. The molecular formula is C12H21N3OS. The van der Waals surface area contributed by atoms with Crippen molar-refractivity contribution in [1.82, 2.24) is 10.3 Å². The minimum absolute atomic E-state index is 0.0346. The summed E-state index contributed by atoms with van der Waals surface area (Å²) in [4.78, 5) is 4.53. The van der Waals surface area contributed by atoms with E-state index in [0.717, 1.165) is 43.3 Å². The van der Waals surface area contributed by atoms with Crippen LogP contribution in [0.25, 0.3) is 0 Å². The lowest BCUT2D eigenvalue weighted by molar-refractivity contribution is 0.0445. The Morgan fingerprint density at radius 1 is 1.59 bits per heavy atom. The Labute approximate surface area is 107 Å². The van der Waals surface area contributed by atoms with Crippen molar-refractivity contribution in [3.8, 4) is 0 Å². The molecule has 1 aromatic rings. The molecule has 3 N–H and O–H groups in total. The largest absolute Gasteiger partial charge is 0.381 e. The Kier molecular flexibility index (Phi) is 4.14. The van der Waals surface area contributed by atoms with Gasteiger partial charge in [0.25, 0.3) is 0 Å². The van der Waals surface area contributed by atoms with Gasteiger partial charge in [0, 0.05) is 30.7 Å². The van der Waals surface area contributed by atoms with Crippen LogP contribution in [-0.4, -0.2) is 23.7 Å². The highest BCUT2D eigenvalue weighted by molar-refractivity contribution is 7.09. The van der Waals surface area contributed by atoms with Crippen LogP contribution in [0.15, 0.2) is 5.38 Å². The summed E-state index contributed by atoms with van der Waals surface area (Å²) in [6.07, 6.45) is 2.13.